The highest BCUT2D eigenvalue weighted by Crippen LogP contribution is 2.25. The molecule has 2 nitrogen and oxygen atoms in total. The maximum absolute atomic E-state index is 5.97. The van der Waals surface area contributed by atoms with E-state index in [0.29, 0.717) is 0 Å². The van der Waals surface area contributed by atoms with Crippen LogP contribution < -0.4 is 11.5 Å². The lowest BCUT2D eigenvalue weighted by atomic mass is 10.0. The average Bonchev–Trinajstić information content (AvgIpc) is 2.09. The van der Waals surface area contributed by atoms with Crippen LogP contribution in [0.1, 0.15) is 31.4 Å². The Hall–Kier alpha value is -0.540. The molecule has 0 aliphatic rings. The Kier molecular flexibility index (Phi) is 3.75. The second-order valence-corrected chi connectivity index (χ2v) is 4.08. The van der Waals surface area contributed by atoms with Crippen molar-refractivity contribution in [1.82, 2.24) is 0 Å². The highest BCUT2D eigenvalue weighted by Gasteiger charge is 2.08. The van der Waals surface area contributed by atoms with Crippen molar-refractivity contribution >= 4 is 21.6 Å². The molecule has 0 saturated heterocycles. The second-order valence-electron chi connectivity index (χ2n) is 3.17. The summed E-state index contributed by atoms with van der Waals surface area (Å²) in [5, 5.41) is 0. The van der Waals surface area contributed by atoms with Crippen LogP contribution >= 0.6 is 15.9 Å². The highest BCUT2D eigenvalue weighted by atomic mass is 79.9. The van der Waals surface area contributed by atoms with Gasteiger partial charge < -0.3 is 11.5 Å². The lowest BCUT2D eigenvalue weighted by Crippen LogP contribution is -2.11. The van der Waals surface area contributed by atoms with E-state index in [1.165, 1.54) is 0 Å². The molecule has 1 unspecified atom stereocenters. The zero-order valence-electron chi connectivity index (χ0n) is 7.76. The summed E-state index contributed by atoms with van der Waals surface area (Å²) in [5.74, 6) is 0. The van der Waals surface area contributed by atoms with Gasteiger partial charge in [0.05, 0.1) is 0 Å². The molecule has 0 aliphatic carbocycles. The van der Waals surface area contributed by atoms with Gasteiger partial charge in [-0.25, -0.2) is 0 Å². The van der Waals surface area contributed by atoms with Gasteiger partial charge in [0.1, 0.15) is 0 Å². The van der Waals surface area contributed by atoms with E-state index in [9.17, 15) is 0 Å². The van der Waals surface area contributed by atoms with Crippen LogP contribution in [-0.2, 0) is 0 Å². The summed E-state index contributed by atoms with van der Waals surface area (Å²) >= 11 is 3.40. The third-order valence-corrected chi connectivity index (χ3v) is 2.54. The van der Waals surface area contributed by atoms with E-state index in [1.807, 2.05) is 18.2 Å². The molecule has 3 heteroatoms. The fourth-order valence-electron chi connectivity index (χ4n) is 1.33. The predicted octanol–water partition coefficient (Wildman–Crippen LogP) is 2.83. The molecule has 72 valence electrons. The van der Waals surface area contributed by atoms with Crippen molar-refractivity contribution in [2.45, 2.75) is 25.8 Å². The summed E-state index contributed by atoms with van der Waals surface area (Å²) in [5.41, 5.74) is 13.6. The summed E-state index contributed by atoms with van der Waals surface area (Å²) in [7, 11) is 0. The first-order valence-corrected chi connectivity index (χ1v) is 5.25. The molecule has 1 aromatic rings. The van der Waals surface area contributed by atoms with E-state index in [4.69, 9.17) is 11.5 Å². The Morgan fingerprint density at radius 3 is 2.77 bits per heavy atom. The fraction of sp³-hybridized carbons (Fsp3) is 0.400. The van der Waals surface area contributed by atoms with Gasteiger partial charge in [0.25, 0.3) is 0 Å². The minimum Gasteiger partial charge on any atom is -0.398 e. The van der Waals surface area contributed by atoms with Crippen LogP contribution in [0.25, 0.3) is 0 Å². The number of hydrogen-bond donors (Lipinski definition) is 2. The van der Waals surface area contributed by atoms with Crippen LogP contribution in [0, 0.1) is 0 Å². The van der Waals surface area contributed by atoms with Crippen molar-refractivity contribution in [3.63, 3.8) is 0 Å². The van der Waals surface area contributed by atoms with E-state index in [1.54, 1.807) is 0 Å². The topological polar surface area (TPSA) is 52.0 Å². The SMILES string of the molecule is CCCC(N)c1cc(Br)ccc1N. The van der Waals surface area contributed by atoms with Crippen LogP contribution in [0.2, 0.25) is 0 Å². The molecule has 0 saturated carbocycles. The number of anilines is 1. The summed E-state index contributed by atoms with van der Waals surface area (Å²) in [6, 6.07) is 5.87. The lowest BCUT2D eigenvalue weighted by Gasteiger charge is -2.13. The molecule has 4 N–H and O–H groups in total. The van der Waals surface area contributed by atoms with Gasteiger partial charge in [-0.1, -0.05) is 29.3 Å². The van der Waals surface area contributed by atoms with Gasteiger partial charge in [-0.05, 0) is 30.2 Å². The molecule has 1 aromatic carbocycles. The minimum absolute atomic E-state index is 0.0579. The smallest absolute Gasteiger partial charge is 0.0363 e. The van der Waals surface area contributed by atoms with Crippen molar-refractivity contribution in [2.24, 2.45) is 5.73 Å². The number of nitrogens with two attached hydrogens (primary N) is 2. The van der Waals surface area contributed by atoms with Crippen molar-refractivity contribution in [1.29, 1.82) is 0 Å². The predicted molar refractivity (Wildman–Crippen MR) is 60.4 cm³/mol. The van der Waals surface area contributed by atoms with Crippen LogP contribution in [0.3, 0.4) is 0 Å². The quantitative estimate of drug-likeness (QED) is 0.802. The summed E-state index contributed by atoms with van der Waals surface area (Å²) in [4.78, 5) is 0. The Balaban J connectivity index is 2.91. The van der Waals surface area contributed by atoms with E-state index in [2.05, 4.69) is 22.9 Å². The maximum Gasteiger partial charge on any atom is 0.0363 e. The summed E-state index contributed by atoms with van der Waals surface area (Å²) < 4.78 is 1.03. The van der Waals surface area contributed by atoms with Crippen molar-refractivity contribution in [3.8, 4) is 0 Å². The molecule has 0 amide bonds. The monoisotopic (exact) mass is 242 g/mol. The van der Waals surface area contributed by atoms with Gasteiger partial charge in [-0.2, -0.15) is 0 Å². The van der Waals surface area contributed by atoms with Gasteiger partial charge in [0.15, 0.2) is 0 Å². The van der Waals surface area contributed by atoms with Crippen molar-refractivity contribution in [3.05, 3.63) is 28.2 Å². The highest BCUT2D eigenvalue weighted by molar-refractivity contribution is 9.10. The first-order chi connectivity index (χ1) is 6.15. The van der Waals surface area contributed by atoms with Crippen LogP contribution in [0.4, 0.5) is 5.69 Å². The van der Waals surface area contributed by atoms with Gasteiger partial charge in [0, 0.05) is 16.2 Å². The van der Waals surface area contributed by atoms with Gasteiger partial charge in [0.2, 0.25) is 0 Å². The number of rotatable bonds is 3. The summed E-state index contributed by atoms with van der Waals surface area (Å²) in [6.07, 6.45) is 2.05. The first kappa shape index (κ1) is 10.5. The third-order valence-electron chi connectivity index (χ3n) is 2.05. The molecular weight excluding hydrogens is 228 g/mol. The molecule has 0 heterocycles. The first-order valence-electron chi connectivity index (χ1n) is 4.45. The fourth-order valence-corrected chi connectivity index (χ4v) is 1.71. The summed E-state index contributed by atoms with van der Waals surface area (Å²) in [6.45, 7) is 2.12. The molecule has 0 aromatic heterocycles. The van der Waals surface area contributed by atoms with E-state index in [0.717, 1.165) is 28.6 Å². The molecule has 1 rings (SSSR count). The molecule has 0 aliphatic heterocycles. The molecular formula is C10H15BrN2. The third kappa shape index (κ3) is 2.71. The van der Waals surface area contributed by atoms with Gasteiger partial charge in [-0.15, -0.1) is 0 Å². The minimum atomic E-state index is 0.0579. The van der Waals surface area contributed by atoms with E-state index in [-0.39, 0.29) is 6.04 Å². The normalized spacial score (nSPS) is 12.8. The largest absolute Gasteiger partial charge is 0.398 e. The molecule has 0 spiro atoms. The molecule has 0 fully saturated rings. The van der Waals surface area contributed by atoms with Crippen molar-refractivity contribution in [2.75, 3.05) is 5.73 Å². The zero-order valence-corrected chi connectivity index (χ0v) is 9.34. The lowest BCUT2D eigenvalue weighted by molar-refractivity contribution is 0.640. The number of nitrogen functional groups attached to an aromatic ring is 1. The molecule has 0 bridgehead atoms. The molecule has 0 radical (unpaired) electrons. The van der Waals surface area contributed by atoms with Gasteiger partial charge in [-0.3, -0.25) is 0 Å². The van der Waals surface area contributed by atoms with Crippen LogP contribution in [-0.4, -0.2) is 0 Å². The van der Waals surface area contributed by atoms with E-state index < -0.39 is 0 Å². The number of benzene rings is 1. The number of hydrogen-bond acceptors (Lipinski definition) is 2. The van der Waals surface area contributed by atoms with Crippen LogP contribution in [0.15, 0.2) is 22.7 Å². The molecule has 13 heavy (non-hydrogen) atoms. The standard InChI is InChI=1S/C10H15BrN2/c1-2-3-9(12)8-6-7(11)4-5-10(8)13/h4-6,9H,2-3,12-13H2,1H3. The van der Waals surface area contributed by atoms with E-state index >= 15 is 0 Å². The molecule has 1 atom stereocenters. The van der Waals surface area contributed by atoms with Crippen molar-refractivity contribution < 1.29 is 0 Å². The average molecular weight is 243 g/mol. The Bertz CT molecular complexity index is 286. The number of halogens is 1. The Labute approximate surface area is 87.4 Å². The Morgan fingerprint density at radius 1 is 1.46 bits per heavy atom. The zero-order chi connectivity index (χ0) is 9.84. The maximum atomic E-state index is 5.97. The second kappa shape index (κ2) is 4.63. The Morgan fingerprint density at radius 2 is 2.15 bits per heavy atom. The van der Waals surface area contributed by atoms with Crippen LogP contribution in [0.5, 0.6) is 0 Å². The van der Waals surface area contributed by atoms with Gasteiger partial charge >= 0.3 is 0 Å².